The number of carbonyl (C=O) groups excluding carboxylic acids is 3. The standard InChI is InChI=1S/C19H16ClFN2O4/c1-10(24)12-3-6-17-16(7-12)23(19(26)11(2)27-17)9-18(25)22-13-4-5-15(21)14(20)8-13/h3-8,11H,9H2,1-2H3,(H,22,25). The van der Waals surface area contributed by atoms with Gasteiger partial charge in [-0.25, -0.2) is 4.39 Å². The molecule has 0 aromatic heterocycles. The van der Waals surface area contributed by atoms with E-state index in [1.54, 1.807) is 19.1 Å². The third-order valence-electron chi connectivity index (χ3n) is 4.08. The van der Waals surface area contributed by atoms with Gasteiger partial charge in [-0.2, -0.15) is 0 Å². The molecule has 1 unspecified atom stereocenters. The van der Waals surface area contributed by atoms with Gasteiger partial charge in [-0.05, 0) is 50.2 Å². The lowest BCUT2D eigenvalue weighted by Crippen LogP contribution is -2.47. The third-order valence-corrected chi connectivity index (χ3v) is 4.37. The van der Waals surface area contributed by atoms with Crippen LogP contribution in [0.2, 0.25) is 5.02 Å². The van der Waals surface area contributed by atoms with Crippen molar-refractivity contribution in [1.29, 1.82) is 0 Å². The zero-order valence-electron chi connectivity index (χ0n) is 14.6. The van der Waals surface area contributed by atoms with Gasteiger partial charge in [0.15, 0.2) is 11.9 Å². The van der Waals surface area contributed by atoms with Crippen LogP contribution in [0.4, 0.5) is 15.8 Å². The van der Waals surface area contributed by atoms with Crippen molar-refractivity contribution in [1.82, 2.24) is 0 Å². The number of ether oxygens (including phenoxy) is 1. The Labute approximate surface area is 159 Å². The molecule has 140 valence electrons. The lowest BCUT2D eigenvalue weighted by molar-refractivity contribution is -0.127. The zero-order chi connectivity index (χ0) is 19.7. The molecule has 2 aromatic carbocycles. The highest BCUT2D eigenvalue weighted by atomic mass is 35.5. The monoisotopic (exact) mass is 390 g/mol. The fourth-order valence-corrected chi connectivity index (χ4v) is 2.89. The van der Waals surface area contributed by atoms with Crippen LogP contribution >= 0.6 is 11.6 Å². The molecule has 0 saturated carbocycles. The quantitative estimate of drug-likeness (QED) is 0.811. The van der Waals surface area contributed by atoms with E-state index < -0.39 is 23.7 Å². The number of ketones is 1. The Morgan fingerprint density at radius 2 is 2.00 bits per heavy atom. The maximum atomic E-state index is 13.2. The van der Waals surface area contributed by atoms with Gasteiger partial charge in [-0.15, -0.1) is 0 Å². The van der Waals surface area contributed by atoms with Crippen LogP contribution in [0.3, 0.4) is 0 Å². The fraction of sp³-hybridized carbons (Fsp3) is 0.211. The second-order valence-electron chi connectivity index (χ2n) is 6.10. The minimum absolute atomic E-state index is 0.125. The zero-order valence-corrected chi connectivity index (χ0v) is 15.3. The number of anilines is 2. The van der Waals surface area contributed by atoms with E-state index in [2.05, 4.69) is 5.32 Å². The summed E-state index contributed by atoms with van der Waals surface area (Å²) in [5, 5.41) is 2.44. The number of benzene rings is 2. The lowest BCUT2D eigenvalue weighted by atomic mass is 10.1. The third kappa shape index (κ3) is 3.93. The van der Waals surface area contributed by atoms with Crippen LogP contribution < -0.4 is 15.0 Å². The van der Waals surface area contributed by atoms with E-state index in [1.165, 1.54) is 30.0 Å². The Bertz CT molecular complexity index is 947. The number of carbonyl (C=O) groups is 3. The number of halogens is 2. The molecular formula is C19H16ClFN2O4. The van der Waals surface area contributed by atoms with Crippen molar-refractivity contribution in [2.45, 2.75) is 20.0 Å². The van der Waals surface area contributed by atoms with Crippen molar-refractivity contribution >= 4 is 40.6 Å². The topological polar surface area (TPSA) is 75.7 Å². The predicted octanol–water partition coefficient (Wildman–Crippen LogP) is 3.43. The smallest absolute Gasteiger partial charge is 0.268 e. The van der Waals surface area contributed by atoms with Gasteiger partial charge in [0.05, 0.1) is 10.7 Å². The molecule has 8 heteroatoms. The summed E-state index contributed by atoms with van der Waals surface area (Å²) < 4.78 is 18.8. The van der Waals surface area contributed by atoms with E-state index in [9.17, 15) is 18.8 Å². The SMILES string of the molecule is CC(=O)c1ccc2c(c1)N(CC(=O)Nc1ccc(F)c(Cl)c1)C(=O)C(C)O2. The summed E-state index contributed by atoms with van der Waals surface area (Å²) in [4.78, 5) is 37.8. The molecule has 1 heterocycles. The van der Waals surface area contributed by atoms with Crippen molar-refractivity contribution in [3.8, 4) is 5.75 Å². The summed E-state index contributed by atoms with van der Waals surface area (Å²) in [7, 11) is 0. The average Bonchev–Trinajstić information content (AvgIpc) is 2.61. The molecule has 1 aliphatic rings. The number of rotatable bonds is 4. The summed E-state index contributed by atoms with van der Waals surface area (Å²) in [6.45, 7) is 2.69. The van der Waals surface area contributed by atoms with Crippen LogP contribution in [0.15, 0.2) is 36.4 Å². The summed E-state index contributed by atoms with van der Waals surface area (Å²) in [6, 6.07) is 8.49. The fourth-order valence-electron chi connectivity index (χ4n) is 2.71. The highest BCUT2D eigenvalue weighted by Gasteiger charge is 2.33. The first-order valence-electron chi connectivity index (χ1n) is 8.14. The molecule has 1 atom stereocenters. The molecule has 27 heavy (non-hydrogen) atoms. The van der Waals surface area contributed by atoms with Crippen molar-refractivity contribution in [2.24, 2.45) is 0 Å². The van der Waals surface area contributed by atoms with Crippen molar-refractivity contribution in [3.63, 3.8) is 0 Å². The molecule has 1 aliphatic heterocycles. The van der Waals surface area contributed by atoms with Gasteiger partial charge in [0.2, 0.25) is 5.91 Å². The predicted molar refractivity (Wildman–Crippen MR) is 98.9 cm³/mol. The number of fused-ring (bicyclic) bond motifs is 1. The van der Waals surface area contributed by atoms with Crippen molar-refractivity contribution < 1.29 is 23.5 Å². The first-order chi connectivity index (χ1) is 12.8. The average molecular weight is 391 g/mol. The first kappa shape index (κ1) is 18.8. The number of nitrogens with zero attached hydrogens (tertiary/aromatic N) is 1. The molecule has 0 aliphatic carbocycles. The van der Waals surface area contributed by atoms with E-state index in [4.69, 9.17) is 16.3 Å². The summed E-state index contributed by atoms with van der Waals surface area (Å²) in [6.07, 6.45) is -0.770. The van der Waals surface area contributed by atoms with Crippen LogP contribution in [0, 0.1) is 5.82 Å². The van der Waals surface area contributed by atoms with Crippen LogP contribution in [0.1, 0.15) is 24.2 Å². The van der Waals surface area contributed by atoms with Crippen LogP contribution in [0.5, 0.6) is 5.75 Å². The number of amides is 2. The molecule has 1 N–H and O–H groups in total. The molecule has 6 nitrogen and oxygen atoms in total. The number of hydrogen-bond acceptors (Lipinski definition) is 4. The second-order valence-corrected chi connectivity index (χ2v) is 6.51. The van der Waals surface area contributed by atoms with Crippen LogP contribution in [0.25, 0.3) is 0 Å². The van der Waals surface area contributed by atoms with Gasteiger partial charge in [-0.3, -0.25) is 19.3 Å². The summed E-state index contributed by atoms with van der Waals surface area (Å²) >= 11 is 5.71. The van der Waals surface area contributed by atoms with Crippen LogP contribution in [-0.4, -0.2) is 30.2 Å². The van der Waals surface area contributed by atoms with Gasteiger partial charge in [0, 0.05) is 11.3 Å². The van der Waals surface area contributed by atoms with Gasteiger partial charge in [0.1, 0.15) is 18.1 Å². The maximum Gasteiger partial charge on any atom is 0.268 e. The minimum Gasteiger partial charge on any atom is -0.479 e. The minimum atomic E-state index is -0.770. The molecular weight excluding hydrogens is 375 g/mol. The van der Waals surface area contributed by atoms with Crippen molar-refractivity contribution in [3.05, 3.63) is 52.8 Å². The summed E-state index contributed by atoms with van der Waals surface area (Å²) in [5.74, 6) is -1.27. The molecule has 0 radical (unpaired) electrons. The molecule has 2 aromatic rings. The van der Waals surface area contributed by atoms with E-state index in [1.807, 2.05) is 0 Å². The largest absolute Gasteiger partial charge is 0.479 e. The number of nitrogens with one attached hydrogen (secondary N) is 1. The van der Waals surface area contributed by atoms with E-state index >= 15 is 0 Å². The van der Waals surface area contributed by atoms with Gasteiger partial charge >= 0.3 is 0 Å². The Morgan fingerprint density at radius 1 is 1.26 bits per heavy atom. The Balaban J connectivity index is 1.85. The highest BCUT2D eigenvalue weighted by molar-refractivity contribution is 6.31. The van der Waals surface area contributed by atoms with Crippen LogP contribution in [-0.2, 0) is 9.59 Å². The summed E-state index contributed by atoms with van der Waals surface area (Å²) in [5.41, 5.74) is 1.05. The van der Waals surface area contributed by atoms with E-state index in [-0.39, 0.29) is 17.4 Å². The molecule has 3 rings (SSSR count). The van der Waals surface area contributed by atoms with E-state index in [0.29, 0.717) is 22.7 Å². The molecule has 2 amide bonds. The van der Waals surface area contributed by atoms with Crippen molar-refractivity contribution in [2.75, 3.05) is 16.8 Å². The first-order valence-corrected chi connectivity index (χ1v) is 8.52. The van der Waals surface area contributed by atoms with Gasteiger partial charge in [-0.1, -0.05) is 11.6 Å². The van der Waals surface area contributed by atoms with E-state index in [0.717, 1.165) is 6.07 Å². The number of Topliss-reactive ketones (excluding diaryl/α,β-unsaturated/α-hetero) is 1. The normalized spacial score (nSPS) is 15.8. The van der Waals surface area contributed by atoms with Gasteiger partial charge in [0.25, 0.3) is 5.91 Å². The lowest BCUT2D eigenvalue weighted by Gasteiger charge is -2.32. The molecule has 0 spiro atoms. The van der Waals surface area contributed by atoms with Gasteiger partial charge < -0.3 is 10.1 Å². The second kappa shape index (κ2) is 7.36. The molecule has 0 fully saturated rings. The Hall–Kier alpha value is -2.93. The number of hydrogen-bond donors (Lipinski definition) is 1. The Kier molecular flexibility index (Phi) is 5.14. The maximum absolute atomic E-state index is 13.2. The molecule has 0 saturated heterocycles. The highest BCUT2D eigenvalue weighted by Crippen LogP contribution is 2.35. The molecule has 0 bridgehead atoms. The Morgan fingerprint density at radius 3 is 2.67 bits per heavy atom.